The third kappa shape index (κ3) is 2.74. The van der Waals surface area contributed by atoms with Gasteiger partial charge in [0.05, 0.1) is 6.10 Å². The largest absolute Gasteiger partial charge is 0.392 e. The van der Waals surface area contributed by atoms with Crippen molar-refractivity contribution in [3.05, 3.63) is 34.1 Å². The lowest BCUT2D eigenvalue weighted by Crippen LogP contribution is -2.20. The molecule has 0 amide bonds. The van der Waals surface area contributed by atoms with Crippen LogP contribution in [0.25, 0.3) is 0 Å². The number of hydrogen-bond donors (Lipinski definition) is 1. The third-order valence-electron chi connectivity index (χ3n) is 2.66. The lowest BCUT2D eigenvalue weighted by Gasteiger charge is -2.14. The minimum Gasteiger partial charge on any atom is -0.392 e. The van der Waals surface area contributed by atoms with Crippen LogP contribution in [0.5, 0.6) is 0 Å². The van der Waals surface area contributed by atoms with E-state index >= 15 is 0 Å². The maximum atomic E-state index is 12.9. The zero-order valence-electron chi connectivity index (χ0n) is 8.12. The van der Waals surface area contributed by atoms with Gasteiger partial charge in [0.2, 0.25) is 0 Å². The van der Waals surface area contributed by atoms with Crippen molar-refractivity contribution in [3.63, 3.8) is 0 Å². The van der Waals surface area contributed by atoms with Crippen LogP contribution in [0.4, 0.5) is 4.39 Å². The first kappa shape index (κ1) is 11.4. The highest BCUT2D eigenvalue weighted by Crippen LogP contribution is 2.29. The summed E-state index contributed by atoms with van der Waals surface area (Å²) in [7, 11) is 0. The molecular formula is C11H12BrFOS. The Labute approximate surface area is 101 Å². The molecule has 1 aliphatic rings. The lowest BCUT2D eigenvalue weighted by molar-refractivity contribution is 0.150. The summed E-state index contributed by atoms with van der Waals surface area (Å²) < 4.78 is 13.7. The molecule has 2 atom stereocenters. The number of rotatable bonds is 2. The molecule has 1 nitrogen and oxygen atoms in total. The van der Waals surface area contributed by atoms with Crippen LogP contribution in [-0.2, 0) is 6.42 Å². The van der Waals surface area contributed by atoms with Crippen LogP contribution in [0, 0.1) is 11.7 Å². The Morgan fingerprint density at radius 3 is 2.87 bits per heavy atom. The summed E-state index contributed by atoms with van der Waals surface area (Å²) in [6.07, 6.45) is 0.599. The second-order valence-corrected chi connectivity index (χ2v) is 5.73. The number of aliphatic hydroxyl groups is 1. The second-order valence-electron chi connectivity index (χ2n) is 3.80. The molecule has 0 saturated carbocycles. The quantitative estimate of drug-likeness (QED) is 0.904. The summed E-state index contributed by atoms with van der Waals surface area (Å²) in [5, 5.41) is 9.69. The highest BCUT2D eigenvalue weighted by molar-refractivity contribution is 9.10. The SMILES string of the molecule is OC1CSCC1Cc1ccc(F)cc1Br. The van der Waals surface area contributed by atoms with Crippen molar-refractivity contribution in [1.29, 1.82) is 0 Å². The summed E-state index contributed by atoms with van der Waals surface area (Å²) >= 11 is 5.13. The van der Waals surface area contributed by atoms with Gasteiger partial charge in [0.15, 0.2) is 0 Å². The van der Waals surface area contributed by atoms with E-state index in [0.717, 1.165) is 28.0 Å². The van der Waals surface area contributed by atoms with Gasteiger partial charge in [-0.25, -0.2) is 4.39 Å². The predicted molar refractivity (Wildman–Crippen MR) is 64.6 cm³/mol. The fourth-order valence-corrected chi connectivity index (χ4v) is 3.56. The Kier molecular flexibility index (Phi) is 3.69. The predicted octanol–water partition coefficient (Wildman–Crippen LogP) is 2.85. The first-order valence-electron chi connectivity index (χ1n) is 4.86. The van der Waals surface area contributed by atoms with Crippen molar-refractivity contribution in [3.8, 4) is 0 Å². The van der Waals surface area contributed by atoms with Gasteiger partial charge in [0.1, 0.15) is 5.82 Å². The average molecular weight is 291 g/mol. The normalized spacial score (nSPS) is 25.8. The van der Waals surface area contributed by atoms with Crippen LogP contribution in [0.3, 0.4) is 0 Å². The third-order valence-corrected chi connectivity index (χ3v) is 4.64. The maximum absolute atomic E-state index is 12.9. The molecule has 0 bridgehead atoms. The van der Waals surface area contributed by atoms with E-state index in [-0.39, 0.29) is 11.9 Å². The Hall–Kier alpha value is -0.0600. The summed E-state index contributed by atoms with van der Waals surface area (Å²) in [4.78, 5) is 0. The van der Waals surface area contributed by atoms with Gasteiger partial charge in [-0.15, -0.1) is 0 Å². The van der Waals surface area contributed by atoms with Crippen LogP contribution in [0.1, 0.15) is 5.56 Å². The number of aliphatic hydroxyl groups excluding tert-OH is 1. The minimum atomic E-state index is -0.230. The van der Waals surface area contributed by atoms with Gasteiger partial charge in [-0.05, 0) is 35.8 Å². The van der Waals surface area contributed by atoms with E-state index in [9.17, 15) is 9.50 Å². The molecule has 82 valence electrons. The average Bonchev–Trinajstić information content (AvgIpc) is 2.57. The molecule has 1 aromatic rings. The number of halogens is 2. The van der Waals surface area contributed by atoms with E-state index in [1.807, 2.05) is 0 Å². The van der Waals surface area contributed by atoms with Gasteiger partial charge in [-0.3, -0.25) is 0 Å². The summed E-state index contributed by atoms with van der Waals surface area (Å²) in [6.45, 7) is 0. The molecule has 2 rings (SSSR count). The fourth-order valence-electron chi connectivity index (χ4n) is 1.75. The molecule has 0 aliphatic carbocycles. The Bertz CT molecular complexity index is 358. The van der Waals surface area contributed by atoms with Gasteiger partial charge in [0, 0.05) is 10.2 Å². The van der Waals surface area contributed by atoms with Crippen LogP contribution in [-0.4, -0.2) is 22.7 Å². The summed E-state index contributed by atoms with van der Waals surface area (Å²) in [5.41, 5.74) is 1.07. The van der Waals surface area contributed by atoms with Crippen molar-refractivity contribution < 1.29 is 9.50 Å². The molecule has 1 N–H and O–H groups in total. The van der Waals surface area contributed by atoms with Gasteiger partial charge in [-0.1, -0.05) is 22.0 Å². The maximum Gasteiger partial charge on any atom is 0.124 e. The number of benzene rings is 1. The molecule has 0 spiro atoms. The molecular weight excluding hydrogens is 279 g/mol. The van der Waals surface area contributed by atoms with E-state index in [0.29, 0.717) is 5.92 Å². The fraction of sp³-hybridized carbons (Fsp3) is 0.455. The van der Waals surface area contributed by atoms with E-state index in [1.54, 1.807) is 17.8 Å². The molecule has 15 heavy (non-hydrogen) atoms. The number of thioether (sulfide) groups is 1. The summed E-state index contributed by atoms with van der Waals surface area (Å²) in [5.74, 6) is 1.89. The molecule has 4 heteroatoms. The Balaban J connectivity index is 2.10. The van der Waals surface area contributed by atoms with Gasteiger partial charge >= 0.3 is 0 Å². The molecule has 0 radical (unpaired) electrons. The van der Waals surface area contributed by atoms with E-state index in [2.05, 4.69) is 15.9 Å². The Morgan fingerprint density at radius 1 is 1.47 bits per heavy atom. The van der Waals surface area contributed by atoms with Crippen molar-refractivity contribution in [2.24, 2.45) is 5.92 Å². The smallest absolute Gasteiger partial charge is 0.124 e. The van der Waals surface area contributed by atoms with Crippen LogP contribution >= 0.6 is 27.7 Å². The number of hydrogen-bond acceptors (Lipinski definition) is 2. The molecule has 1 aliphatic heterocycles. The standard InChI is InChI=1S/C11H12BrFOS/c12-10-4-9(13)2-1-7(10)3-8-5-15-6-11(8)14/h1-2,4,8,11,14H,3,5-6H2. The van der Waals surface area contributed by atoms with Crippen molar-refractivity contribution in [2.45, 2.75) is 12.5 Å². The van der Waals surface area contributed by atoms with Crippen LogP contribution < -0.4 is 0 Å². The van der Waals surface area contributed by atoms with Crippen LogP contribution in [0.2, 0.25) is 0 Å². The van der Waals surface area contributed by atoms with E-state index < -0.39 is 0 Å². The van der Waals surface area contributed by atoms with Gasteiger partial charge < -0.3 is 5.11 Å². The van der Waals surface area contributed by atoms with E-state index in [1.165, 1.54) is 12.1 Å². The summed E-state index contributed by atoms with van der Waals surface area (Å²) in [6, 6.07) is 4.73. The van der Waals surface area contributed by atoms with Crippen LogP contribution in [0.15, 0.2) is 22.7 Å². The highest BCUT2D eigenvalue weighted by atomic mass is 79.9. The Morgan fingerprint density at radius 2 is 2.27 bits per heavy atom. The zero-order chi connectivity index (χ0) is 10.8. The minimum absolute atomic E-state index is 0.216. The van der Waals surface area contributed by atoms with Crippen molar-refractivity contribution in [2.75, 3.05) is 11.5 Å². The zero-order valence-corrected chi connectivity index (χ0v) is 10.5. The molecule has 2 unspecified atom stereocenters. The van der Waals surface area contributed by atoms with Crippen molar-refractivity contribution in [1.82, 2.24) is 0 Å². The first-order chi connectivity index (χ1) is 7.16. The molecule has 1 fully saturated rings. The molecule has 1 saturated heterocycles. The van der Waals surface area contributed by atoms with Gasteiger partial charge in [-0.2, -0.15) is 11.8 Å². The van der Waals surface area contributed by atoms with Crippen molar-refractivity contribution >= 4 is 27.7 Å². The second kappa shape index (κ2) is 4.85. The highest BCUT2D eigenvalue weighted by Gasteiger charge is 2.26. The lowest BCUT2D eigenvalue weighted by atomic mass is 9.97. The molecule has 1 aromatic carbocycles. The monoisotopic (exact) mass is 290 g/mol. The molecule has 1 heterocycles. The van der Waals surface area contributed by atoms with E-state index in [4.69, 9.17) is 0 Å². The topological polar surface area (TPSA) is 20.2 Å². The first-order valence-corrected chi connectivity index (χ1v) is 6.81. The molecule has 0 aromatic heterocycles. The van der Waals surface area contributed by atoms with Gasteiger partial charge in [0.25, 0.3) is 0 Å².